The molecule has 0 amide bonds. The summed E-state index contributed by atoms with van der Waals surface area (Å²) in [6.07, 6.45) is 16.1. The number of hydrogen-bond acceptors (Lipinski definition) is 2. The molecule has 0 atom stereocenters. The van der Waals surface area contributed by atoms with Gasteiger partial charge in [0.15, 0.2) is 0 Å². The highest BCUT2D eigenvalue weighted by Gasteiger charge is 1.99. The van der Waals surface area contributed by atoms with Gasteiger partial charge in [0.2, 0.25) is 0 Å². The van der Waals surface area contributed by atoms with Crippen molar-refractivity contribution < 1.29 is 0 Å². The number of nitrogens with zero attached hydrogens (tertiary/aromatic N) is 1. The van der Waals surface area contributed by atoms with Crippen molar-refractivity contribution in [3.05, 3.63) is 40.3 Å². The van der Waals surface area contributed by atoms with Gasteiger partial charge >= 0.3 is 0 Å². The lowest BCUT2D eigenvalue weighted by atomic mass is 10.0. The summed E-state index contributed by atoms with van der Waals surface area (Å²) in [4.78, 5) is 18.2. The van der Waals surface area contributed by atoms with Crippen molar-refractivity contribution in [3.8, 4) is 0 Å². The average molecular weight is 314 g/mol. The quantitative estimate of drug-likeness (QED) is 0.565. The molecule has 0 saturated heterocycles. The summed E-state index contributed by atoms with van der Waals surface area (Å²) in [5, 5.41) is 0. The second-order valence-corrected chi connectivity index (χ2v) is 6.53. The van der Waals surface area contributed by atoms with E-state index in [0.29, 0.717) is 0 Å². The van der Waals surface area contributed by atoms with Crippen LogP contribution in [0.3, 0.4) is 0 Å². The lowest BCUT2D eigenvalue weighted by Crippen LogP contribution is -2.04. The highest BCUT2D eigenvalue weighted by atomic mass is 16.1. The molecule has 1 aromatic heterocycles. The first-order valence-electron chi connectivity index (χ1n) is 9.27. The van der Waals surface area contributed by atoms with E-state index in [-0.39, 0.29) is 5.56 Å². The van der Waals surface area contributed by atoms with Crippen molar-refractivity contribution >= 4 is 11.0 Å². The van der Waals surface area contributed by atoms with Gasteiger partial charge in [0.05, 0.1) is 17.2 Å². The summed E-state index contributed by atoms with van der Waals surface area (Å²) in [6, 6.07) is 6.17. The molecular weight excluding hydrogens is 284 g/mol. The third kappa shape index (κ3) is 6.55. The van der Waals surface area contributed by atoms with E-state index in [1.54, 1.807) is 0 Å². The Labute approximate surface area is 139 Å². The molecule has 3 nitrogen and oxygen atoms in total. The van der Waals surface area contributed by atoms with Crippen LogP contribution in [0.25, 0.3) is 11.0 Å². The summed E-state index contributed by atoms with van der Waals surface area (Å²) in [5.74, 6) is 0. The zero-order valence-corrected chi connectivity index (χ0v) is 14.4. The van der Waals surface area contributed by atoms with E-state index in [2.05, 4.69) is 29.0 Å². The zero-order valence-electron chi connectivity index (χ0n) is 14.4. The molecule has 0 aliphatic heterocycles. The van der Waals surface area contributed by atoms with E-state index in [1.807, 2.05) is 6.07 Å². The van der Waals surface area contributed by atoms with Gasteiger partial charge in [-0.2, -0.15) is 0 Å². The van der Waals surface area contributed by atoms with Crippen LogP contribution in [0.15, 0.2) is 29.2 Å². The van der Waals surface area contributed by atoms with Crippen LogP contribution in [0.2, 0.25) is 0 Å². The van der Waals surface area contributed by atoms with Crippen LogP contribution in [0.1, 0.15) is 76.7 Å². The Morgan fingerprint density at radius 3 is 2.26 bits per heavy atom. The Bertz CT molecular complexity index is 633. The Hall–Kier alpha value is -1.64. The van der Waals surface area contributed by atoms with Gasteiger partial charge in [-0.15, -0.1) is 0 Å². The summed E-state index contributed by atoms with van der Waals surface area (Å²) < 4.78 is 0. The summed E-state index contributed by atoms with van der Waals surface area (Å²) >= 11 is 0. The van der Waals surface area contributed by atoms with Gasteiger partial charge in [0.25, 0.3) is 5.56 Å². The van der Waals surface area contributed by atoms with Crippen LogP contribution in [-0.2, 0) is 6.42 Å². The van der Waals surface area contributed by atoms with E-state index < -0.39 is 0 Å². The number of aromatic nitrogens is 2. The molecule has 0 aliphatic rings. The van der Waals surface area contributed by atoms with Crippen LogP contribution in [0.5, 0.6) is 0 Å². The molecule has 1 heterocycles. The summed E-state index contributed by atoms with van der Waals surface area (Å²) in [7, 11) is 0. The molecule has 0 fully saturated rings. The van der Waals surface area contributed by atoms with Crippen LogP contribution in [-0.4, -0.2) is 9.97 Å². The maximum Gasteiger partial charge on any atom is 0.266 e. The smallest absolute Gasteiger partial charge is 0.266 e. The number of nitrogens with one attached hydrogen (secondary N) is 1. The Kier molecular flexibility index (Phi) is 7.85. The molecule has 126 valence electrons. The number of H-pyrrole nitrogens is 1. The molecule has 0 bridgehead atoms. The van der Waals surface area contributed by atoms with Crippen molar-refractivity contribution in [2.24, 2.45) is 0 Å². The van der Waals surface area contributed by atoms with Crippen LogP contribution >= 0.6 is 0 Å². The van der Waals surface area contributed by atoms with Gasteiger partial charge in [0, 0.05) is 0 Å². The van der Waals surface area contributed by atoms with Crippen molar-refractivity contribution in [3.63, 3.8) is 0 Å². The first kappa shape index (κ1) is 17.7. The van der Waals surface area contributed by atoms with Crippen LogP contribution in [0, 0.1) is 0 Å². The molecule has 23 heavy (non-hydrogen) atoms. The topological polar surface area (TPSA) is 45.8 Å². The fourth-order valence-electron chi connectivity index (χ4n) is 3.05. The minimum absolute atomic E-state index is 0.139. The van der Waals surface area contributed by atoms with E-state index >= 15 is 0 Å². The zero-order chi connectivity index (χ0) is 16.3. The van der Waals surface area contributed by atoms with E-state index in [4.69, 9.17) is 0 Å². The third-order valence-electron chi connectivity index (χ3n) is 4.46. The predicted octanol–water partition coefficient (Wildman–Crippen LogP) is 5.39. The van der Waals surface area contributed by atoms with E-state index in [1.165, 1.54) is 76.0 Å². The molecule has 0 unspecified atom stereocenters. The van der Waals surface area contributed by atoms with Gasteiger partial charge in [-0.3, -0.25) is 4.79 Å². The van der Waals surface area contributed by atoms with Crippen molar-refractivity contribution in [2.75, 3.05) is 0 Å². The first-order valence-corrected chi connectivity index (χ1v) is 9.27. The lowest BCUT2D eigenvalue weighted by molar-refractivity contribution is 0.556. The van der Waals surface area contributed by atoms with Crippen molar-refractivity contribution in [1.29, 1.82) is 0 Å². The van der Waals surface area contributed by atoms with Gasteiger partial charge in [-0.1, -0.05) is 70.8 Å². The monoisotopic (exact) mass is 314 g/mol. The Morgan fingerprint density at radius 1 is 0.913 bits per heavy atom. The molecule has 3 heteroatoms. The largest absolute Gasteiger partial charge is 0.319 e. The van der Waals surface area contributed by atoms with Crippen molar-refractivity contribution in [1.82, 2.24) is 9.97 Å². The first-order chi connectivity index (χ1) is 11.3. The molecule has 1 N–H and O–H groups in total. The molecule has 0 spiro atoms. The normalized spacial score (nSPS) is 11.2. The average Bonchev–Trinajstić information content (AvgIpc) is 2.56. The fraction of sp³-hybridized carbons (Fsp3) is 0.600. The minimum atomic E-state index is -0.139. The number of unbranched alkanes of at least 4 members (excludes halogenated alkanes) is 9. The predicted molar refractivity (Wildman–Crippen MR) is 97.9 cm³/mol. The molecule has 0 radical (unpaired) electrons. The number of aromatic amines is 1. The summed E-state index contributed by atoms with van der Waals surface area (Å²) in [6.45, 7) is 2.27. The number of hydrogen-bond donors (Lipinski definition) is 1. The Morgan fingerprint density at radius 2 is 1.57 bits per heavy atom. The van der Waals surface area contributed by atoms with Crippen LogP contribution < -0.4 is 5.56 Å². The Balaban J connectivity index is 1.59. The van der Waals surface area contributed by atoms with Crippen LogP contribution in [0.4, 0.5) is 0 Å². The van der Waals surface area contributed by atoms with Gasteiger partial charge in [0.1, 0.15) is 0 Å². The van der Waals surface area contributed by atoms with Gasteiger partial charge in [-0.25, -0.2) is 4.98 Å². The van der Waals surface area contributed by atoms with E-state index in [0.717, 1.165) is 17.5 Å². The highest BCUT2D eigenvalue weighted by Crippen LogP contribution is 2.15. The fourth-order valence-corrected chi connectivity index (χ4v) is 3.05. The highest BCUT2D eigenvalue weighted by molar-refractivity contribution is 5.74. The second-order valence-electron chi connectivity index (χ2n) is 6.53. The lowest BCUT2D eigenvalue weighted by Gasteiger charge is -2.04. The van der Waals surface area contributed by atoms with Gasteiger partial charge < -0.3 is 4.98 Å². The standard InChI is InChI=1S/C20H30N2O/c1-2-3-4-5-6-7-8-9-10-11-12-17-13-14-18-19(15-17)21-16-20(23)22-18/h13-16H,2-12H2,1H3,(H,22,23). The van der Waals surface area contributed by atoms with E-state index in [9.17, 15) is 4.79 Å². The maximum atomic E-state index is 11.2. The number of fused-ring (bicyclic) bond motifs is 1. The second kappa shape index (κ2) is 10.2. The third-order valence-corrected chi connectivity index (χ3v) is 4.46. The number of aryl methyl sites for hydroxylation is 1. The molecule has 1 aromatic carbocycles. The molecule has 2 rings (SSSR count). The van der Waals surface area contributed by atoms with Crippen molar-refractivity contribution in [2.45, 2.75) is 77.6 Å². The number of benzene rings is 1. The molecule has 0 aliphatic carbocycles. The van der Waals surface area contributed by atoms with Gasteiger partial charge in [-0.05, 0) is 30.5 Å². The molecular formula is C20H30N2O. The number of rotatable bonds is 11. The maximum absolute atomic E-state index is 11.2. The molecule has 2 aromatic rings. The molecule has 0 saturated carbocycles. The summed E-state index contributed by atoms with van der Waals surface area (Å²) in [5.41, 5.74) is 2.88. The minimum Gasteiger partial charge on any atom is -0.319 e. The SMILES string of the molecule is CCCCCCCCCCCCc1ccc2[nH]c(=O)cnc2c1.